The highest BCUT2D eigenvalue weighted by atomic mass is 35.5. The highest BCUT2D eigenvalue weighted by molar-refractivity contribution is 6.31. The summed E-state index contributed by atoms with van der Waals surface area (Å²) in [6.07, 6.45) is -7.21. The summed E-state index contributed by atoms with van der Waals surface area (Å²) in [6.45, 7) is 0.884. The second-order valence-electron chi connectivity index (χ2n) is 4.31. The third kappa shape index (κ3) is 2.52. The minimum absolute atomic E-state index is 0.525. The van der Waals surface area contributed by atoms with Crippen molar-refractivity contribution in [2.24, 2.45) is 0 Å². The van der Waals surface area contributed by atoms with Crippen LogP contribution in [-0.4, -0.2) is 34.1 Å². The molecule has 0 amide bonds. The Hall–Kier alpha value is -1.27. The van der Waals surface area contributed by atoms with Crippen LogP contribution in [0.25, 0.3) is 0 Å². The largest absolute Gasteiger partial charge is 0.460 e. The van der Waals surface area contributed by atoms with Gasteiger partial charge in [-0.2, -0.15) is 53.4 Å². The maximum Gasteiger partial charge on any atom is 0.460 e. The van der Waals surface area contributed by atoms with Gasteiger partial charge in [-0.3, -0.25) is 5.10 Å². The number of alkyl halides is 11. The van der Waals surface area contributed by atoms with Crippen molar-refractivity contribution in [1.82, 2.24) is 10.2 Å². The Morgan fingerprint density at radius 2 is 1.22 bits per heavy atom. The van der Waals surface area contributed by atoms with Gasteiger partial charge in [0.2, 0.25) is 0 Å². The van der Waals surface area contributed by atoms with E-state index in [2.05, 4.69) is 5.10 Å². The molecule has 0 aromatic carbocycles. The van der Waals surface area contributed by atoms with Crippen LogP contribution >= 0.6 is 11.6 Å². The maximum atomic E-state index is 13.5. The minimum atomic E-state index is -7.49. The fraction of sp³-hybridized carbons (Fsp3) is 0.667. The van der Waals surface area contributed by atoms with E-state index in [0.717, 1.165) is 6.92 Å². The van der Waals surface area contributed by atoms with Gasteiger partial charge in [-0.25, -0.2) is 0 Å². The number of aromatic nitrogens is 2. The molecule has 2 nitrogen and oxygen atoms in total. The molecule has 0 atom stereocenters. The van der Waals surface area contributed by atoms with Gasteiger partial charge in [-0.05, 0) is 6.92 Å². The number of nitrogens with zero attached hydrogens (tertiary/aromatic N) is 1. The van der Waals surface area contributed by atoms with Crippen LogP contribution in [0.2, 0.25) is 5.02 Å². The van der Waals surface area contributed by atoms with Crippen LogP contribution < -0.4 is 0 Å². The summed E-state index contributed by atoms with van der Waals surface area (Å²) in [6, 6.07) is 0. The van der Waals surface area contributed by atoms with Crippen LogP contribution in [0, 0.1) is 6.92 Å². The molecule has 1 rings (SSSR count). The lowest BCUT2D eigenvalue weighted by molar-refractivity contribution is -0.425. The van der Waals surface area contributed by atoms with Gasteiger partial charge in [0.1, 0.15) is 0 Å². The Kier molecular flexibility index (Phi) is 4.40. The van der Waals surface area contributed by atoms with Crippen molar-refractivity contribution >= 4 is 11.6 Å². The topological polar surface area (TPSA) is 28.7 Å². The summed E-state index contributed by atoms with van der Waals surface area (Å²) in [4.78, 5) is 0. The van der Waals surface area contributed by atoms with Crippen LogP contribution in [0.1, 0.15) is 11.4 Å². The molecule has 0 aliphatic rings. The molecule has 1 heterocycles. The van der Waals surface area contributed by atoms with E-state index < -0.39 is 46.3 Å². The first-order chi connectivity index (χ1) is 9.93. The molecule has 14 heteroatoms. The minimum Gasteiger partial charge on any atom is -0.281 e. The number of rotatable bonds is 4. The normalized spacial score (nSPS) is 15.2. The van der Waals surface area contributed by atoms with Crippen molar-refractivity contribution in [3.8, 4) is 0 Å². The van der Waals surface area contributed by atoms with Gasteiger partial charge in [0.15, 0.2) is 5.69 Å². The number of aromatic amines is 1. The first kappa shape index (κ1) is 19.8. The fourth-order valence-electron chi connectivity index (χ4n) is 1.34. The molecule has 0 aliphatic carbocycles. The summed E-state index contributed by atoms with van der Waals surface area (Å²) >= 11 is 5.09. The summed E-state index contributed by atoms with van der Waals surface area (Å²) in [5.74, 6) is -28.3. The van der Waals surface area contributed by atoms with E-state index in [-0.39, 0.29) is 0 Å². The van der Waals surface area contributed by atoms with Crippen LogP contribution in [0.15, 0.2) is 0 Å². The van der Waals surface area contributed by atoms with Gasteiger partial charge >= 0.3 is 29.9 Å². The predicted molar refractivity (Wildman–Crippen MR) is 53.1 cm³/mol. The van der Waals surface area contributed by atoms with Crippen molar-refractivity contribution in [3.63, 3.8) is 0 Å². The van der Waals surface area contributed by atoms with E-state index >= 15 is 0 Å². The maximum absolute atomic E-state index is 13.5. The molecule has 0 fully saturated rings. The van der Waals surface area contributed by atoms with Gasteiger partial charge in [0.25, 0.3) is 0 Å². The molecule has 23 heavy (non-hydrogen) atoms. The second-order valence-corrected chi connectivity index (χ2v) is 4.68. The van der Waals surface area contributed by atoms with Crippen LogP contribution in [0.3, 0.4) is 0 Å². The van der Waals surface area contributed by atoms with E-state index in [1.165, 1.54) is 0 Å². The zero-order valence-electron chi connectivity index (χ0n) is 10.5. The van der Waals surface area contributed by atoms with E-state index in [9.17, 15) is 48.3 Å². The Labute approximate surface area is 124 Å². The Balaban J connectivity index is 3.52. The number of H-pyrrole nitrogens is 1. The smallest absolute Gasteiger partial charge is 0.281 e. The van der Waals surface area contributed by atoms with Gasteiger partial charge in [0.05, 0.1) is 10.7 Å². The van der Waals surface area contributed by atoms with Crippen LogP contribution in [-0.2, 0) is 5.92 Å². The Morgan fingerprint density at radius 1 is 0.783 bits per heavy atom. The summed E-state index contributed by atoms with van der Waals surface area (Å²) in [5, 5.41) is 2.73. The van der Waals surface area contributed by atoms with Crippen molar-refractivity contribution in [1.29, 1.82) is 0 Å². The first-order valence-electron chi connectivity index (χ1n) is 5.22. The lowest BCUT2D eigenvalue weighted by atomic mass is 9.96. The monoisotopic (exact) mass is 384 g/mol. The van der Waals surface area contributed by atoms with Gasteiger partial charge < -0.3 is 0 Å². The lowest BCUT2D eigenvalue weighted by Gasteiger charge is -2.36. The third-order valence-corrected chi connectivity index (χ3v) is 3.17. The van der Waals surface area contributed by atoms with Gasteiger partial charge in [-0.15, -0.1) is 0 Å². The molecule has 0 bridgehead atoms. The van der Waals surface area contributed by atoms with Crippen molar-refractivity contribution in [3.05, 3.63) is 16.4 Å². The molecule has 0 saturated carbocycles. The lowest BCUT2D eigenvalue weighted by Crippen LogP contribution is -2.65. The molecular formula is C9H4ClF11N2. The second kappa shape index (κ2) is 5.11. The number of nitrogens with one attached hydrogen (secondary N) is 1. The molecule has 134 valence electrons. The Morgan fingerprint density at radius 3 is 1.52 bits per heavy atom. The van der Waals surface area contributed by atoms with Crippen molar-refractivity contribution in [2.75, 3.05) is 0 Å². The molecule has 0 radical (unpaired) electrons. The average Bonchev–Trinajstić information content (AvgIpc) is 2.68. The summed E-state index contributed by atoms with van der Waals surface area (Å²) in [7, 11) is 0. The van der Waals surface area contributed by atoms with Crippen LogP contribution in [0.4, 0.5) is 48.3 Å². The Bertz CT molecular complexity index is 589. The van der Waals surface area contributed by atoms with E-state index in [1.807, 2.05) is 0 Å². The molecule has 0 unspecified atom stereocenters. The predicted octanol–water partition coefficient (Wildman–Crippen LogP) is 4.93. The van der Waals surface area contributed by atoms with Crippen molar-refractivity contribution in [2.45, 2.75) is 36.8 Å². The summed E-state index contributed by atoms with van der Waals surface area (Å²) < 4.78 is 140. The number of aryl methyl sites for hydroxylation is 1. The quantitative estimate of drug-likeness (QED) is 0.733. The zero-order chi connectivity index (χ0) is 18.6. The highest BCUT2D eigenvalue weighted by Gasteiger charge is 2.87. The van der Waals surface area contributed by atoms with Crippen LogP contribution in [0.5, 0.6) is 0 Å². The van der Waals surface area contributed by atoms with Gasteiger partial charge in [-0.1, -0.05) is 11.6 Å². The van der Waals surface area contributed by atoms with Crippen molar-refractivity contribution < 1.29 is 48.3 Å². The van der Waals surface area contributed by atoms with Gasteiger partial charge in [0, 0.05) is 0 Å². The molecule has 1 N–H and O–H groups in total. The molecule has 1 aromatic rings. The molecule has 1 aromatic heterocycles. The number of halogens is 12. The molecule has 0 aliphatic heterocycles. The zero-order valence-corrected chi connectivity index (χ0v) is 11.2. The molecular weight excluding hydrogens is 381 g/mol. The van der Waals surface area contributed by atoms with E-state index in [0.29, 0.717) is 0 Å². The number of hydrogen-bond acceptors (Lipinski definition) is 1. The van der Waals surface area contributed by atoms with E-state index in [1.54, 1.807) is 5.10 Å². The van der Waals surface area contributed by atoms with E-state index in [4.69, 9.17) is 11.6 Å². The molecule has 0 saturated heterocycles. The fourth-order valence-corrected chi connectivity index (χ4v) is 1.55. The standard InChI is InChI=1S/C9H4ClF11N2/c1-2-3(10)4(23-22-2)5(11,12)6(13,14)7(15,16)8(17,18)9(19,20)21/h1H3,(H,22,23). The summed E-state index contributed by atoms with van der Waals surface area (Å²) in [5.41, 5.74) is -2.82. The highest BCUT2D eigenvalue weighted by Crippen LogP contribution is 2.60. The third-order valence-electron chi connectivity index (χ3n) is 2.71. The SMILES string of the molecule is Cc1[nH]nc(C(F)(F)C(F)(F)C(F)(F)C(F)(F)C(F)(F)F)c1Cl. The average molecular weight is 385 g/mol. The number of hydrogen-bond donors (Lipinski definition) is 1. The first-order valence-corrected chi connectivity index (χ1v) is 5.59. The molecule has 0 spiro atoms.